The molecule has 1 aromatic carbocycles. The molecule has 138 valence electrons. The summed E-state index contributed by atoms with van der Waals surface area (Å²) in [6.07, 6.45) is 1.82. The molecule has 0 fully saturated rings. The van der Waals surface area contributed by atoms with Crippen molar-refractivity contribution in [2.75, 3.05) is 11.4 Å². The highest BCUT2D eigenvalue weighted by Gasteiger charge is 2.34. The van der Waals surface area contributed by atoms with Crippen molar-refractivity contribution < 1.29 is 4.79 Å². The number of rotatable bonds is 3. The highest BCUT2D eigenvalue weighted by Crippen LogP contribution is 2.37. The van der Waals surface area contributed by atoms with Crippen LogP contribution in [0, 0.1) is 6.92 Å². The van der Waals surface area contributed by atoms with Crippen LogP contribution in [0.4, 0.5) is 5.69 Å². The number of hydrogen-bond acceptors (Lipinski definition) is 6. The van der Waals surface area contributed by atoms with Gasteiger partial charge in [-0.1, -0.05) is 40.6 Å². The molecule has 0 radical (unpaired) electrons. The van der Waals surface area contributed by atoms with E-state index in [-0.39, 0.29) is 21.1 Å². The van der Waals surface area contributed by atoms with E-state index in [4.69, 9.17) is 0 Å². The zero-order valence-electron chi connectivity index (χ0n) is 14.7. The number of thiazole rings is 1. The fourth-order valence-electron chi connectivity index (χ4n) is 3.10. The Morgan fingerprint density at radius 2 is 2.00 bits per heavy atom. The van der Waals surface area contributed by atoms with E-state index in [1.807, 2.05) is 18.2 Å². The van der Waals surface area contributed by atoms with Crippen LogP contribution in [0.3, 0.4) is 0 Å². The molecule has 0 saturated heterocycles. The van der Waals surface area contributed by atoms with Gasteiger partial charge < -0.3 is 4.90 Å². The molecule has 1 aliphatic rings. The molecule has 0 spiro atoms. The first kappa shape index (κ1) is 18.0. The van der Waals surface area contributed by atoms with E-state index in [1.165, 1.54) is 6.92 Å². The summed E-state index contributed by atoms with van der Waals surface area (Å²) in [6.45, 7) is 4.15. The molecule has 0 aliphatic carbocycles. The van der Waals surface area contributed by atoms with Crippen molar-refractivity contribution in [3.63, 3.8) is 0 Å². The molecule has 1 aliphatic heterocycles. The third-order valence-electron chi connectivity index (χ3n) is 4.46. The van der Waals surface area contributed by atoms with Crippen molar-refractivity contribution in [2.24, 2.45) is 0 Å². The van der Waals surface area contributed by atoms with Crippen LogP contribution in [0.15, 0.2) is 32.3 Å². The second-order valence-electron chi connectivity index (χ2n) is 6.28. The summed E-state index contributed by atoms with van der Waals surface area (Å²) in [5.74, 6) is -0.208. The average Bonchev–Trinajstić information content (AvgIpc) is 3.07. The standard InChI is InChI=1S/C18H15BrN4O3S/c1-3-4-7-22-12-6-5-10(19)8-11(12)13(16(22)25)14-17(26)23-18(27-14)20-15(24)9(2)21-23/h5-6,8H,3-4,7H2,1-2H3/b14-13-. The molecule has 27 heavy (non-hydrogen) atoms. The second kappa shape index (κ2) is 6.65. The quantitative estimate of drug-likeness (QED) is 0.610. The van der Waals surface area contributed by atoms with Crippen LogP contribution in [0.25, 0.3) is 10.5 Å². The first-order valence-corrected chi connectivity index (χ1v) is 10.1. The number of aryl methyl sites for hydroxylation is 1. The van der Waals surface area contributed by atoms with E-state index < -0.39 is 11.1 Å². The lowest BCUT2D eigenvalue weighted by Gasteiger charge is -2.16. The SMILES string of the molecule is CCCCN1C(=O)/C(=c2\sc3nc(=O)c(C)nn3c2=O)c2cc(Br)ccc21. The maximum Gasteiger partial charge on any atom is 0.295 e. The zero-order valence-corrected chi connectivity index (χ0v) is 17.1. The van der Waals surface area contributed by atoms with E-state index in [2.05, 4.69) is 32.9 Å². The molecular formula is C18H15BrN4O3S. The predicted molar refractivity (Wildman–Crippen MR) is 107 cm³/mol. The molecular weight excluding hydrogens is 432 g/mol. The first-order valence-electron chi connectivity index (χ1n) is 8.49. The van der Waals surface area contributed by atoms with Gasteiger partial charge in [-0.2, -0.15) is 14.6 Å². The van der Waals surface area contributed by atoms with Gasteiger partial charge in [0.05, 0.1) is 11.3 Å². The van der Waals surface area contributed by atoms with Gasteiger partial charge in [0, 0.05) is 16.6 Å². The Balaban J connectivity index is 2.07. The maximum absolute atomic E-state index is 13.2. The molecule has 0 N–H and O–H groups in total. The zero-order chi connectivity index (χ0) is 19.3. The molecule has 4 rings (SSSR count). The first-order chi connectivity index (χ1) is 12.9. The Bertz CT molecular complexity index is 1260. The highest BCUT2D eigenvalue weighted by atomic mass is 79.9. The van der Waals surface area contributed by atoms with Crippen molar-refractivity contribution in [3.8, 4) is 0 Å². The van der Waals surface area contributed by atoms with Crippen molar-refractivity contribution in [3.05, 3.63) is 59.2 Å². The fourth-order valence-corrected chi connectivity index (χ4v) is 4.45. The Kier molecular flexibility index (Phi) is 4.43. The molecule has 7 nitrogen and oxygen atoms in total. The lowest BCUT2D eigenvalue weighted by Crippen LogP contribution is -2.33. The van der Waals surface area contributed by atoms with Crippen LogP contribution in [0.2, 0.25) is 0 Å². The van der Waals surface area contributed by atoms with Gasteiger partial charge in [-0.05, 0) is 31.5 Å². The number of carbonyl (C=O) groups is 1. The highest BCUT2D eigenvalue weighted by molar-refractivity contribution is 9.10. The van der Waals surface area contributed by atoms with Crippen molar-refractivity contribution >= 4 is 49.4 Å². The molecule has 0 bridgehead atoms. The predicted octanol–water partition coefficient (Wildman–Crippen LogP) is 1.65. The number of hydrogen-bond donors (Lipinski definition) is 0. The van der Waals surface area contributed by atoms with E-state index >= 15 is 0 Å². The smallest absolute Gasteiger partial charge is 0.295 e. The van der Waals surface area contributed by atoms with E-state index in [0.717, 1.165) is 38.9 Å². The topological polar surface area (TPSA) is 84.6 Å². The largest absolute Gasteiger partial charge is 0.308 e. The number of amides is 1. The van der Waals surface area contributed by atoms with E-state index in [0.29, 0.717) is 17.7 Å². The van der Waals surface area contributed by atoms with Gasteiger partial charge in [0.25, 0.3) is 17.0 Å². The Hall–Kier alpha value is -2.39. The van der Waals surface area contributed by atoms with Crippen LogP contribution in [-0.4, -0.2) is 27.0 Å². The average molecular weight is 447 g/mol. The minimum Gasteiger partial charge on any atom is -0.308 e. The number of aromatic nitrogens is 3. The van der Waals surface area contributed by atoms with Crippen molar-refractivity contribution in [1.82, 2.24) is 14.6 Å². The number of fused-ring (bicyclic) bond motifs is 2. The van der Waals surface area contributed by atoms with E-state index in [9.17, 15) is 14.4 Å². The summed E-state index contributed by atoms with van der Waals surface area (Å²) in [7, 11) is 0. The number of anilines is 1. The Morgan fingerprint density at radius 1 is 1.22 bits per heavy atom. The van der Waals surface area contributed by atoms with Crippen molar-refractivity contribution in [2.45, 2.75) is 26.7 Å². The number of unbranched alkanes of at least 4 members (excludes halogenated alkanes) is 1. The van der Waals surface area contributed by atoms with Gasteiger partial charge in [-0.25, -0.2) is 0 Å². The summed E-state index contributed by atoms with van der Waals surface area (Å²) < 4.78 is 2.17. The third kappa shape index (κ3) is 2.81. The van der Waals surface area contributed by atoms with Crippen LogP contribution in [-0.2, 0) is 4.79 Å². The summed E-state index contributed by atoms with van der Waals surface area (Å²) >= 11 is 4.46. The van der Waals surface area contributed by atoms with Crippen LogP contribution < -0.4 is 20.6 Å². The molecule has 2 aromatic heterocycles. The fraction of sp³-hybridized carbons (Fsp3) is 0.278. The van der Waals surface area contributed by atoms with Crippen molar-refractivity contribution in [1.29, 1.82) is 0 Å². The number of nitrogens with zero attached hydrogens (tertiary/aromatic N) is 4. The van der Waals surface area contributed by atoms with Gasteiger partial charge in [0.2, 0.25) is 4.96 Å². The second-order valence-corrected chi connectivity index (χ2v) is 8.17. The molecule has 0 saturated carbocycles. The normalized spacial score (nSPS) is 15.7. The summed E-state index contributed by atoms with van der Waals surface area (Å²) in [5.41, 5.74) is 1.07. The Morgan fingerprint density at radius 3 is 2.74 bits per heavy atom. The number of benzene rings is 1. The summed E-state index contributed by atoms with van der Waals surface area (Å²) in [6, 6.07) is 5.59. The Labute approximate surface area is 166 Å². The molecule has 9 heteroatoms. The maximum atomic E-state index is 13.2. The summed E-state index contributed by atoms with van der Waals surface area (Å²) in [5, 5.41) is 4.03. The van der Waals surface area contributed by atoms with Gasteiger partial charge in [0.1, 0.15) is 10.2 Å². The third-order valence-corrected chi connectivity index (χ3v) is 5.98. The summed E-state index contributed by atoms with van der Waals surface area (Å²) in [4.78, 5) is 43.7. The van der Waals surface area contributed by atoms with Gasteiger partial charge in [-0.3, -0.25) is 14.4 Å². The lowest BCUT2D eigenvalue weighted by atomic mass is 10.1. The minimum absolute atomic E-state index is 0.143. The lowest BCUT2D eigenvalue weighted by molar-refractivity contribution is -0.113. The molecule has 1 amide bonds. The molecule has 0 atom stereocenters. The molecule has 0 unspecified atom stereocenters. The van der Waals surface area contributed by atoms with Gasteiger partial charge >= 0.3 is 0 Å². The van der Waals surface area contributed by atoms with Gasteiger partial charge in [-0.15, -0.1) is 0 Å². The van der Waals surface area contributed by atoms with Crippen LogP contribution in [0.1, 0.15) is 31.0 Å². The molecule has 3 heterocycles. The minimum atomic E-state index is -0.474. The molecule has 3 aromatic rings. The van der Waals surface area contributed by atoms with Crippen LogP contribution >= 0.6 is 27.3 Å². The van der Waals surface area contributed by atoms with E-state index in [1.54, 1.807) is 4.90 Å². The number of halogens is 1. The van der Waals surface area contributed by atoms with Gasteiger partial charge in [0.15, 0.2) is 0 Å². The van der Waals surface area contributed by atoms with Crippen LogP contribution in [0.5, 0.6) is 0 Å². The monoisotopic (exact) mass is 446 g/mol. The number of carbonyl (C=O) groups excluding carboxylic acids is 1.